The summed E-state index contributed by atoms with van der Waals surface area (Å²) in [4.78, 5) is 29.8. The number of amides is 1. The van der Waals surface area contributed by atoms with E-state index in [0.717, 1.165) is 38.8 Å². The molecule has 33 heavy (non-hydrogen) atoms. The zero-order valence-electron chi connectivity index (χ0n) is 19.2. The zero-order chi connectivity index (χ0) is 22.8. The fourth-order valence-corrected chi connectivity index (χ4v) is 5.99. The predicted octanol–water partition coefficient (Wildman–Crippen LogP) is 3.37. The average Bonchev–Trinajstić information content (AvgIpc) is 3.51. The molecular formula is C24H34N4O5. The summed E-state index contributed by atoms with van der Waals surface area (Å²) in [5.41, 5.74) is 0.311. The van der Waals surface area contributed by atoms with Crippen LogP contribution in [-0.4, -0.2) is 65.7 Å². The topological polar surface area (TPSA) is 97.2 Å². The van der Waals surface area contributed by atoms with Crippen LogP contribution < -0.4 is 14.8 Å². The molecule has 4 aliphatic rings. The van der Waals surface area contributed by atoms with Crippen LogP contribution in [0.2, 0.25) is 0 Å². The van der Waals surface area contributed by atoms with Crippen LogP contribution in [0, 0.1) is 10.1 Å². The number of ether oxygens (including phenoxy) is 2. The van der Waals surface area contributed by atoms with Crippen LogP contribution in [-0.2, 0) is 4.79 Å². The highest BCUT2D eigenvalue weighted by molar-refractivity contribution is 5.85. The second kappa shape index (κ2) is 9.85. The minimum absolute atomic E-state index is 0.0366. The lowest BCUT2D eigenvalue weighted by molar-refractivity contribution is -0.386. The van der Waals surface area contributed by atoms with Crippen molar-refractivity contribution in [2.24, 2.45) is 0 Å². The number of carbonyl (C=O) groups is 1. The summed E-state index contributed by atoms with van der Waals surface area (Å²) in [6, 6.07) is 3.12. The van der Waals surface area contributed by atoms with Gasteiger partial charge in [0.2, 0.25) is 12.7 Å². The van der Waals surface area contributed by atoms with E-state index in [1.54, 1.807) is 6.07 Å². The highest BCUT2D eigenvalue weighted by Crippen LogP contribution is 2.42. The Balaban J connectivity index is 1.41. The Labute approximate surface area is 194 Å². The average molecular weight is 459 g/mol. The van der Waals surface area contributed by atoms with Crippen molar-refractivity contribution in [3.05, 3.63) is 27.8 Å². The Kier molecular flexibility index (Phi) is 6.69. The summed E-state index contributed by atoms with van der Waals surface area (Å²) >= 11 is 0. The summed E-state index contributed by atoms with van der Waals surface area (Å²) in [6.45, 7) is 3.23. The third kappa shape index (κ3) is 4.80. The van der Waals surface area contributed by atoms with Gasteiger partial charge >= 0.3 is 0 Å². The first-order valence-corrected chi connectivity index (χ1v) is 12.5. The van der Waals surface area contributed by atoms with Crippen molar-refractivity contribution in [1.29, 1.82) is 0 Å². The largest absolute Gasteiger partial charge is 0.454 e. The van der Waals surface area contributed by atoms with Crippen LogP contribution in [0.3, 0.4) is 0 Å². The second-order valence-corrected chi connectivity index (χ2v) is 9.78. The van der Waals surface area contributed by atoms with Gasteiger partial charge in [0.1, 0.15) is 6.04 Å². The molecule has 9 nitrogen and oxygen atoms in total. The first-order chi connectivity index (χ1) is 16.1. The molecule has 0 radical (unpaired) electrons. The van der Waals surface area contributed by atoms with Crippen LogP contribution in [0.25, 0.3) is 0 Å². The molecule has 1 unspecified atom stereocenters. The van der Waals surface area contributed by atoms with E-state index in [-0.39, 0.29) is 24.4 Å². The Morgan fingerprint density at radius 2 is 1.61 bits per heavy atom. The monoisotopic (exact) mass is 458 g/mol. The van der Waals surface area contributed by atoms with Crippen molar-refractivity contribution in [2.45, 2.75) is 75.9 Å². The van der Waals surface area contributed by atoms with Crippen molar-refractivity contribution in [2.75, 3.05) is 33.0 Å². The Morgan fingerprint density at radius 3 is 2.27 bits per heavy atom. The normalized spacial score (nSPS) is 23.5. The predicted molar refractivity (Wildman–Crippen MR) is 122 cm³/mol. The van der Waals surface area contributed by atoms with E-state index in [4.69, 9.17) is 9.47 Å². The van der Waals surface area contributed by atoms with Crippen molar-refractivity contribution in [1.82, 2.24) is 15.1 Å². The van der Waals surface area contributed by atoms with Gasteiger partial charge in [0.25, 0.3) is 5.69 Å². The first kappa shape index (κ1) is 22.4. The van der Waals surface area contributed by atoms with Gasteiger partial charge in [-0.15, -0.1) is 0 Å². The van der Waals surface area contributed by atoms with Crippen molar-refractivity contribution in [3.8, 4) is 11.5 Å². The van der Waals surface area contributed by atoms with Gasteiger partial charge in [-0.2, -0.15) is 0 Å². The maximum absolute atomic E-state index is 13.6. The highest BCUT2D eigenvalue weighted by atomic mass is 16.7. The number of piperazine rings is 1. The fourth-order valence-electron chi connectivity index (χ4n) is 5.99. The van der Waals surface area contributed by atoms with E-state index >= 15 is 0 Å². The second-order valence-electron chi connectivity index (χ2n) is 9.78. The molecule has 9 heteroatoms. The number of nitro benzene ring substituents is 1. The number of rotatable bonds is 6. The zero-order valence-corrected chi connectivity index (χ0v) is 19.2. The number of nitrogens with one attached hydrogen (secondary N) is 1. The fraction of sp³-hybridized carbons (Fsp3) is 0.708. The lowest BCUT2D eigenvalue weighted by atomic mass is 9.93. The molecule has 1 amide bonds. The van der Waals surface area contributed by atoms with Crippen molar-refractivity contribution >= 4 is 11.6 Å². The third-order valence-corrected chi connectivity index (χ3v) is 7.77. The summed E-state index contributed by atoms with van der Waals surface area (Å²) in [5, 5.41) is 15.2. The van der Waals surface area contributed by atoms with Crippen LogP contribution in [0.5, 0.6) is 11.5 Å². The molecular weight excluding hydrogens is 424 g/mol. The van der Waals surface area contributed by atoms with Gasteiger partial charge in [0.05, 0.1) is 16.6 Å². The summed E-state index contributed by atoms with van der Waals surface area (Å²) < 4.78 is 10.9. The van der Waals surface area contributed by atoms with E-state index in [9.17, 15) is 14.9 Å². The maximum atomic E-state index is 13.6. The third-order valence-electron chi connectivity index (χ3n) is 7.77. The molecule has 2 saturated carbocycles. The first-order valence-electron chi connectivity index (χ1n) is 12.5. The van der Waals surface area contributed by atoms with E-state index in [1.165, 1.54) is 38.2 Å². The number of fused-ring (bicyclic) bond motifs is 1. The number of hydrogen-bond acceptors (Lipinski definition) is 7. The molecule has 1 aromatic carbocycles. The van der Waals surface area contributed by atoms with Crippen LogP contribution in [0.15, 0.2) is 12.1 Å². The van der Waals surface area contributed by atoms with Crippen molar-refractivity contribution < 1.29 is 19.2 Å². The maximum Gasteiger partial charge on any atom is 0.278 e. The Morgan fingerprint density at radius 1 is 0.970 bits per heavy atom. The molecule has 1 saturated heterocycles. The molecule has 1 atom stereocenters. The molecule has 180 valence electrons. The number of benzene rings is 1. The lowest BCUT2D eigenvalue weighted by Gasteiger charge is -2.43. The molecule has 0 spiro atoms. The molecule has 0 aromatic heterocycles. The Bertz CT molecular complexity index is 874. The van der Waals surface area contributed by atoms with E-state index in [1.807, 2.05) is 0 Å². The number of hydrogen-bond donors (Lipinski definition) is 1. The van der Waals surface area contributed by atoms with Crippen LogP contribution >= 0.6 is 0 Å². The lowest BCUT2D eigenvalue weighted by Crippen LogP contribution is -2.54. The van der Waals surface area contributed by atoms with Gasteiger partial charge in [0, 0.05) is 38.3 Å². The summed E-state index contributed by atoms with van der Waals surface area (Å²) in [7, 11) is 0. The SMILES string of the molecule is O=C(NC1CCCC1)C(c1cc2c(cc1[N+](=O)[O-])OCO2)N1CCN(C2CCCCC2)CC1. The smallest absolute Gasteiger partial charge is 0.278 e. The van der Waals surface area contributed by atoms with E-state index in [0.29, 0.717) is 36.2 Å². The molecule has 5 rings (SSSR count). The quantitative estimate of drug-likeness (QED) is 0.516. The van der Waals surface area contributed by atoms with Gasteiger partial charge in [-0.3, -0.25) is 24.7 Å². The number of carbonyl (C=O) groups excluding carboxylic acids is 1. The van der Waals surface area contributed by atoms with Gasteiger partial charge in [-0.05, 0) is 31.7 Å². The van der Waals surface area contributed by atoms with Gasteiger partial charge in [0.15, 0.2) is 11.5 Å². The molecule has 2 heterocycles. The van der Waals surface area contributed by atoms with Crippen molar-refractivity contribution in [3.63, 3.8) is 0 Å². The summed E-state index contributed by atoms with van der Waals surface area (Å²) in [5.74, 6) is 0.688. The molecule has 1 N–H and O–H groups in total. The minimum atomic E-state index is -0.714. The Hall–Kier alpha value is -2.39. The molecule has 3 fully saturated rings. The summed E-state index contributed by atoms with van der Waals surface area (Å²) in [6.07, 6.45) is 10.6. The van der Waals surface area contributed by atoms with E-state index < -0.39 is 11.0 Å². The standard InChI is InChI=1S/C24H34N4O5/c29-24(25-17-6-4-5-7-17)23(19-14-21-22(33-16-32-21)15-20(19)28(30)31)27-12-10-26(11-13-27)18-8-2-1-3-9-18/h14-15,17-18,23H,1-13,16H2,(H,25,29). The van der Waals surface area contributed by atoms with Gasteiger partial charge in [-0.25, -0.2) is 0 Å². The number of nitro groups is 1. The molecule has 0 bridgehead atoms. The molecule has 1 aromatic rings. The number of nitrogens with zero attached hydrogens (tertiary/aromatic N) is 3. The van der Waals surface area contributed by atoms with Gasteiger partial charge in [-0.1, -0.05) is 32.1 Å². The van der Waals surface area contributed by atoms with E-state index in [2.05, 4.69) is 15.1 Å². The van der Waals surface area contributed by atoms with Gasteiger partial charge < -0.3 is 14.8 Å². The minimum Gasteiger partial charge on any atom is -0.454 e. The molecule has 2 aliphatic heterocycles. The molecule has 2 aliphatic carbocycles. The van der Waals surface area contributed by atoms with Crippen LogP contribution in [0.4, 0.5) is 5.69 Å². The van der Waals surface area contributed by atoms with Crippen LogP contribution in [0.1, 0.15) is 69.4 Å². The highest BCUT2D eigenvalue weighted by Gasteiger charge is 2.38.